The van der Waals surface area contributed by atoms with Crippen LogP contribution in [0.3, 0.4) is 0 Å². The quantitative estimate of drug-likeness (QED) is 0.0261. The van der Waals surface area contributed by atoms with Gasteiger partial charge in [-0.25, -0.2) is 0 Å². The van der Waals surface area contributed by atoms with Crippen LogP contribution in [0.25, 0.3) is 0 Å². The number of hydrogen-bond acceptors (Lipinski definition) is 6. The molecule has 0 saturated carbocycles. The zero-order valence-corrected chi connectivity index (χ0v) is 50.3. The van der Waals surface area contributed by atoms with Crippen molar-refractivity contribution in [3.8, 4) is 0 Å². The maximum atomic E-state index is 12.9. The molecule has 0 aliphatic carbocycles. The Morgan fingerprint density at radius 3 is 0.813 bits per heavy atom. The molecule has 0 aromatic heterocycles. The molecule has 0 aromatic carbocycles. The fraction of sp³-hybridized carbons (Fsp3) is 0.841. The van der Waals surface area contributed by atoms with E-state index in [1.165, 1.54) is 231 Å². The molecule has 0 N–H and O–H groups in total. The number of hydrogen-bond donors (Lipinski definition) is 0. The molecule has 0 saturated heterocycles. The van der Waals surface area contributed by atoms with E-state index >= 15 is 0 Å². The minimum atomic E-state index is -0.772. The first-order valence-corrected chi connectivity index (χ1v) is 33.1. The van der Waals surface area contributed by atoms with Crippen molar-refractivity contribution in [2.24, 2.45) is 0 Å². The highest BCUT2D eigenvalue weighted by molar-refractivity contribution is 5.71. The van der Waals surface area contributed by atoms with E-state index in [-0.39, 0.29) is 31.1 Å². The fourth-order valence-corrected chi connectivity index (χ4v) is 9.91. The Morgan fingerprint density at radius 2 is 0.520 bits per heavy atom. The van der Waals surface area contributed by atoms with Crippen LogP contribution in [0, 0.1) is 0 Å². The van der Waals surface area contributed by atoms with E-state index in [0.717, 1.165) is 83.5 Å². The maximum Gasteiger partial charge on any atom is 0.306 e. The average Bonchev–Trinajstić information content (AvgIpc) is 3.41. The molecule has 0 aliphatic rings. The highest BCUT2D eigenvalue weighted by atomic mass is 16.6. The molecule has 0 fully saturated rings. The first-order chi connectivity index (χ1) is 37.0. The van der Waals surface area contributed by atoms with Crippen LogP contribution in [-0.2, 0) is 28.6 Å². The van der Waals surface area contributed by atoms with E-state index in [0.29, 0.717) is 19.3 Å². The van der Waals surface area contributed by atoms with E-state index in [4.69, 9.17) is 14.2 Å². The average molecular weight is 1050 g/mol. The minimum absolute atomic E-state index is 0.0683. The van der Waals surface area contributed by atoms with Crippen molar-refractivity contribution in [1.29, 1.82) is 0 Å². The summed E-state index contributed by atoms with van der Waals surface area (Å²) in [4.78, 5) is 38.4. The van der Waals surface area contributed by atoms with E-state index in [1.54, 1.807) is 0 Å². The summed E-state index contributed by atoms with van der Waals surface area (Å²) in [5, 5.41) is 0. The van der Waals surface area contributed by atoms with Crippen LogP contribution in [0.5, 0.6) is 0 Å². The zero-order chi connectivity index (χ0) is 54.3. The molecule has 75 heavy (non-hydrogen) atoms. The lowest BCUT2D eigenvalue weighted by atomic mass is 10.0. The molecule has 0 amide bonds. The van der Waals surface area contributed by atoms with Gasteiger partial charge in [0, 0.05) is 19.3 Å². The second-order valence-electron chi connectivity index (χ2n) is 22.4. The summed E-state index contributed by atoms with van der Waals surface area (Å²) < 4.78 is 17.0. The van der Waals surface area contributed by atoms with Gasteiger partial charge in [-0.3, -0.25) is 14.4 Å². The van der Waals surface area contributed by atoms with Crippen molar-refractivity contribution >= 4 is 17.9 Å². The van der Waals surface area contributed by atoms with Crippen LogP contribution in [0.15, 0.2) is 48.6 Å². The van der Waals surface area contributed by atoms with Gasteiger partial charge in [0.2, 0.25) is 0 Å². The number of ether oxygens (including phenoxy) is 3. The lowest BCUT2D eigenvalue weighted by molar-refractivity contribution is -0.167. The predicted octanol–water partition coefficient (Wildman–Crippen LogP) is 22.6. The molecule has 0 bridgehead atoms. The van der Waals surface area contributed by atoms with Gasteiger partial charge < -0.3 is 14.2 Å². The van der Waals surface area contributed by atoms with Crippen molar-refractivity contribution in [3.63, 3.8) is 0 Å². The summed E-state index contributed by atoms with van der Waals surface area (Å²) in [5.74, 6) is -0.846. The Balaban J connectivity index is 4.31. The van der Waals surface area contributed by atoms with Gasteiger partial charge in [-0.15, -0.1) is 0 Å². The molecule has 438 valence electrons. The molecule has 1 unspecified atom stereocenters. The summed E-state index contributed by atoms with van der Waals surface area (Å²) >= 11 is 0. The monoisotopic (exact) mass is 1050 g/mol. The summed E-state index contributed by atoms with van der Waals surface area (Å²) in [6.45, 7) is 6.59. The molecule has 6 heteroatoms. The fourth-order valence-electron chi connectivity index (χ4n) is 9.91. The van der Waals surface area contributed by atoms with Gasteiger partial charge in [-0.2, -0.15) is 0 Å². The first-order valence-electron chi connectivity index (χ1n) is 33.1. The van der Waals surface area contributed by atoms with Crippen LogP contribution in [0.4, 0.5) is 0 Å². The Bertz CT molecular complexity index is 1300. The topological polar surface area (TPSA) is 78.9 Å². The van der Waals surface area contributed by atoms with Gasteiger partial charge in [0.15, 0.2) is 6.10 Å². The van der Waals surface area contributed by atoms with Crippen LogP contribution in [0.1, 0.15) is 355 Å². The van der Waals surface area contributed by atoms with Gasteiger partial charge >= 0.3 is 17.9 Å². The first kappa shape index (κ1) is 72.4. The Kier molecular flexibility index (Phi) is 61.7. The van der Waals surface area contributed by atoms with Crippen LogP contribution < -0.4 is 0 Å². The predicted molar refractivity (Wildman–Crippen MR) is 325 cm³/mol. The number of carbonyl (C=O) groups is 3. The van der Waals surface area contributed by atoms with Gasteiger partial charge in [-0.1, -0.05) is 326 Å². The summed E-state index contributed by atoms with van der Waals surface area (Å²) in [6, 6.07) is 0. The molecule has 0 aromatic rings. The van der Waals surface area contributed by atoms with Crippen molar-refractivity contribution < 1.29 is 28.6 Å². The second-order valence-corrected chi connectivity index (χ2v) is 22.4. The van der Waals surface area contributed by atoms with Gasteiger partial charge in [-0.05, 0) is 57.8 Å². The number of allylic oxidation sites excluding steroid dienone is 8. The molecule has 1 atom stereocenters. The summed E-state index contributed by atoms with van der Waals surface area (Å²) in [5.41, 5.74) is 0. The van der Waals surface area contributed by atoms with Gasteiger partial charge in [0.05, 0.1) is 0 Å². The van der Waals surface area contributed by atoms with E-state index in [1.807, 2.05) is 0 Å². The lowest BCUT2D eigenvalue weighted by Crippen LogP contribution is -2.30. The van der Waals surface area contributed by atoms with Crippen molar-refractivity contribution in [2.75, 3.05) is 13.2 Å². The van der Waals surface area contributed by atoms with E-state index < -0.39 is 6.10 Å². The Hall–Kier alpha value is -2.63. The third kappa shape index (κ3) is 62.1. The smallest absolute Gasteiger partial charge is 0.306 e. The highest BCUT2D eigenvalue weighted by Crippen LogP contribution is 2.18. The third-order valence-electron chi connectivity index (χ3n) is 14.8. The zero-order valence-electron chi connectivity index (χ0n) is 50.3. The van der Waals surface area contributed by atoms with Gasteiger partial charge in [0.1, 0.15) is 13.2 Å². The number of carbonyl (C=O) groups excluding carboxylic acids is 3. The van der Waals surface area contributed by atoms with E-state index in [2.05, 4.69) is 69.4 Å². The SMILES string of the molecule is CC/C=C\C/C=C\C/C=C\C/C=C\CCCCCCCCCCCCC(=O)OCC(COC(=O)CCCCCCCCCCCCCCCCCC)OC(=O)CCCCCCCCCCCCCCCCCCCC. The highest BCUT2D eigenvalue weighted by Gasteiger charge is 2.19. The van der Waals surface area contributed by atoms with Crippen molar-refractivity contribution in [2.45, 2.75) is 361 Å². The summed E-state index contributed by atoms with van der Waals surface area (Å²) in [7, 11) is 0. The molecule has 0 spiro atoms. The third-order valence-corrected chi connectivity index (χ3v) is 14.8. The van der Waals surface area contributed by atoms with Crippen molar-refractivity contribution in [1.82, 2.24) is 0 Å². The number of rotatable bonds is 61. The second kappa shape index (κ2) is 63.9. The largest absolute Gasteiger partial charge is 0.462 e. The Morgan fingerprint density at radius 1 is 0.280 bits per heavy atom. The van der Waals surface area contributed by atoms with E-state index in [9.17, 15) is 14.4 Å². The normalized spacial score (nSPS) is 12.3. The standard InChI is InChI=1S/C69H126O6/c1-4-7-10-13-16-19-22-25-28-31-33-34-35-36-37-39-41-44-47-50-53-56-59-62-68(71)74-65-66(64-73-67(70)61-58-55-52-49-46-43-40-30-27-24-21-18-15-12-9-6-3)75-69(72)63-60-57-54-51-48-45-42-38-32-29-26-23-20-17-14-11-8-5-2/h7,10,16,19,25,28,33-34,66H,4-6,8-9,11-15,17-18,20-24,26-27,29-32,35-65H2,1-3H3/b10-7-,19-16-,28-25-,34-33-. The molecule has 0 aliphatic heterocycles. The Labute approximate surface area is 467 Å². The lowest BCUT2D eigenvalue weighted by Gasteiger charge is -2.18. The van der Waals surface area contributed by atoms with Gasteiger partial charge in [0.25, 0.3) is 0 Å². The summed E-state index contributed by atoms with van der Waals surface area (Å²) in [6.07, 6.45) is 79.7. The molecular formula is C69H126O6. The molecule has 6 nitrogen and oxygen atoms in total. The number of unbranched alkanes of at least 4 members (excludes halogenated alkanes) is 42. The molecule has 0 heterocycles. The number of esters is 3. The van der Waals surface area contributed by atoms with Crippen LogP contribution in [-0.4, -0.2) is 37.2 Å². The van der Waals surface area contributed by atoms with Crippen molar-refractivity contribution in [3.05, 3.63) is 48.6 Å². The van der Waals surface area contributed by atoms with Crippen LogP contribution in [0.2, 0.25) is 0 Å². The molecular weight excluding hydrogens is 925 g/mol. The van der Waals surface area contributed by atoms with Crippen LogP contribution >= 0.6 is 0 Å². The minimum Gasteiger partial charge on any atom is -0.462 e. The molecule has 0 rings (SSSR count). The maximum absolute atomic E-state index is 12.9. The molecule has 0 radical (unpaired) electrons.